The van der Waals surface area contributed by atoms with E-state index in [1.54, 1.807) is 12.1 Å². The minimum atomic E-state index is -0.488. The summed E-state index contributed by atoms with van der Waals surface area (Å²) in [6.45, 7) is 5.85. The lowest BCUT2D eigenvalue weighted by Crippen LogP contribution is -2.40. The second-order valence-electron chi connectivity index (χ2n) is 4.31. The smallest absolute Gasteiger partial charge is 0.241 e. The first-order valence-corrected chi connectivity index (χ1v) is 6.16. The van der Waals surface area contributed by atoms with E-state index in [2.05, 4.69) is 5.32 Å². The minimum Gasteiger partial charge on any atom is -0.324 e. The van der Waals surface area contributed by atoms with Crippen molar-refractivity contribution >= 4 is 35.6 Å². The summed E-state index contributed by atoms with van der Waals surface area (Å²) in [6.07, 6.45) is 0.878. The fourth-order valence-electron chi connectivity index (χ4n) is 1.47. The molecule has 0 bridgehead atoms. The van der Waals surface area contributed by atoms with Crippen molar-refractivity contribution in [1.82, 2.24) is 0 Å². The van der Waals surface area contributed by atoms with Gasteiger partial charge in [-0.15, -0.1) is 12.4 Å². The van der Waals surface area contributed by atoms with Gasteiger partial charge in [-0.2, -0.15) is 0 Å². The first-order chi connectivity index (χ1) is 7.97. The highest BCUT2D eigenvalue weighted by molar-refractivity contribution is 6.31. The molecule has 0 heterocycles. The molecule has 2 unspecified atom stereocenters. The van der Waals surface area contributed by atoms with E-state index < -0.39 is 6.04 Å². The summed E-state index contributed by atoms with van der Waals surface area (Å²) < 4.78 is 0. The molecule has 0 aromatic heterocycles. The topological polar surface area (TPSA) is 55.1 Å². The standard InChI is InChI=1S/C13H19ClN2O.ClH/c1-4-8(2)12(15)13(17)16-11-7-5-6-10(14)9(11)3;/h5-8,12H,4,15H2,1-3H3,(H,16,17);1H. The second-order valence-corrected chi connectivity index (χ2v) is 4.72. The van der Waals surface area contributed by atoms with E-state index >= 15 is 0 Å². The van der Waals surface area contributed by atoms with Gasteiger partial charge >= 0.3 is 0 Å². The third-order valence-electron chi connectivity index (χ3n) is 3.09. The summed E-state index contributed by atoms with van der Waals surface area (Å²) in [5.41, 5.74) is 7.45. The molecule has 1 aromatic rings. The number of amides is 1. The predicted molar refractivity (Wildman–Crippen MR) is 79.5 cm³/mol. The van der Waals surface area contributed by atoms with Crippen molar-refractivity contribution in [3.63, 3.8) is 0 Å². The van der Waals surface area contributed by atoms with E-state index in [-0.39, 0.29) is 24.2 Å². The first kappa shape index (κ1) is 17.2. The number of rotatable bonds is 4. The Bertz CT molecular complexity index is 410. The molecule has 18 heavy (non-hydrogen) atoms. The average molecular weight is 291 g/mol. The molecule has 0 spiro atoms. The summed E-state index contributed by atoms with van der Waals surface area (Å²) in [5.74, 6) is -0.000734. The molecule has 0 aliphatic carbocycles. The van der Waals surface area contributed by atoms with Gasteiger partial charge in [-0.05, 0) is 30.5 Å². The molecule has 0 fully saturated rings. The molecule has 3 N–H and O–H groups in total. The highest BCUT2D eigenvalue weighted by Crippen LogP contribution is 2.23. The second kappa shape index (κ2) is 7.62. The van der Waals surface area contributed by atoms with Crippen LogP contribution in [0.4, 0.5) is 5.69 Å². The maximum atomic E-state index is 11.9. The average Bonchev–Trinajstić information content (AvgIpc) is 2.32. The van der Waals surface area contributed by atoms with Crippen LogP contribution >= 0.6 is 24.0 Å². The zero-order chi connectivity index (χ0) is 13.0. The number of benzene rings is 1. The van der Waals surface area contributed by atoms with E-state index in [0.29, 0.717) is 5.02 Å². The Morgan fingerprint density at radius 2 is 2.11 bits per heavy atom. The monoisotopic (exact) mass is 290 g/mol. The molecular weight excluding hydrogens is 271 g/mol. The number of carbonyl (C=O) groups excluding carboxylic acids is 1. The lowest BCUT2D eigenvalue weighted by Gasteiger charge is -2.18. The zero-order valence-corrected chi connectivity index (χ0v) is 12.4. The Morgan fingerprint density at radius 3 is 2.67 bits per heavy atom. The molecule has 1 aromatic carbocycles. The molecular formula is C13H20Cl2N2O. The highest BCUT2D eigenvalue weighted by Gasteiger charge is 2.19. The number of nitrogens with two attached hydrogens (primary N) is 1. The van der Waals surface area contributed by atoms with E-state index in [0.717, 1.165) is 17.7 Å². The molecule has 0 radical (unpaired) electrons. The number of hydrogen-bond acceptors (Lipinski definition) is 2. The van der Waals surface area contributed by atoms with Gasteiger partial charge in [-0.3, -0.25) is 4.79 Å². The van der Waals surface area contributed by atoms with E-state index in [1.807, 2.05) is 26.8 Å². The summed E-state index contributed by atoms with van der Waals surface area (Å²) in [4.78, 5) is 11.9. The molecule has 0 saturated carbocycles. The summed E-state index contributed by atoms with van der Waals surface area (Å²) in [5, 5.41) is 3.46. The van der Waals surface area contributed by atoms with Gasteiger partial charge in [0.15, 0.2) is 0 Å². The van der Waals surface area contributed by atoms with Gasteiger partial charge < -0.3 is 11.1 Å². The summed E-state index contributed by atoms with van der Waals surface area (Å²) >= 11 is 5.98. The third kappa shape index (κ3) is 4.16. The maximum Gasteiger partial charge on any atom is 0.241 e. The van der Waals surface area contributed by atoms with Crippen LogP contribution in [0.15, 0.2) is 18.2 Å². The van der Waals surface area contributed by atoms with E-state index in [4.69, 9.17) is 17.3 Å². The highest BCUT2D eigenvalue weighted by atomic mass is 35.5. The van der Waals surface area contributed by atoms with Crippen LogP contribution in [0.25, 0.3) is 0 Å². The molecule has 2 atom stereocenters. The summed E-state index contributed by atoms with van der Waals surface area (Å²) in [7, 11) is 0. The van der Waals surface area contributed by atoms with Gasteiger partial charge in [0.2, 0.25) is 5.91 Å². The van der Waals surface area contributed by atoms with Crippen LogP contribution in [0.5, 0.6) is 0 Å². The lowest BCUT2D eigenvalue weighted by atomic mass is 9.99. The van der Waals surface area contributed by atoms with Crippen LogP contribution in [0, 0.1) is 12.8 Å². The largest absolute Gasteiger partial charge is 0.324 e. The van der Waals surface area contributed by atoms with Crippen LogP contribution in [0.3, 0.4) is 0 Å². The van der Waals surface area contributed by atoms with Crippen molar-refractivity contribution in [2.75, 3.05) is 5.32 Å². The number of halogens is 2. The normalized spacial score (nSPS) is 13.4. The zero-order valence-electron chi connectivity index (χ0n) is 10.9. The number of nitrogens with one attached hydrogen (secondary N) is 1. The van der Waals surface area contributed by atoms with Gasteiger partial charge in [0, 0.05) is 10.7 Å². The summed E-state index contributed by atoms with van der Waals surface area (Å²) in [6, 6.07) is 4.93. The predicted octanol–water partition coefficient (Wildman–Crippen LogP) is 3.38. The Labute approximate surface area is 119 Å². The number of anilines is 1. The molecule has 0 aliphatic rings. The fraction of sp³-hybridized carbons (Fsp3) is 0.462. The van der Waals surface area contributed by atoms with Crippen molar-refractivity contribution in [3.05, 3.63) is 28.8 Å². The fourth-order valence-corrected chi connectivity index (χ4v) is 1.65. The maximum absolute atomic E-state index is 11.9. The molecule has 0 saturated heterocycles. The minimum absolute atomic E-state index is 0. The van der Waals surface area contributed by atoms with Crippen molar-refractivity contribution in [2.45, 2.75) is 33.2 Å². The molecule has 102 valence electrons. The Hall–Kier alpha value is -0.770. The Kier molecular flexibility index (Phi) is 7.29. The quantitative estimate of drug-likeness (QED) is 0.893. The molecule has 1 amide bonds. The first-order valence-electron chi connectivity index (χ1n) is 5.79. The van der Waals surface area contributed by atoms with Gasteiger partial charge in [0.1, 0.15) is 0 Å². The SMILES string of the molecule is CCC(C)C(N)C(=O)Nc1cccc(Cl)c1C.Cl. The van der Waals surface area contributed by atoms with Gasteiger partial charge in [-0.25, -0.2) is 0 Å². The third-order valence-corrected chi connectivity index (χ3v) is 3.49. The van der Waals surface area contributed by atoms with Crippen LogP contribution in [-0.4, -0.2) is 11.9 Å². The Morgan fingerprint density at radius 1 is 1.50 bits per heavy atom. The molecule has 0 aliphatic heterocycles. The van der Waals surface area contributed by atoms with Crippen LogP contribution < -0.4 is 11.1 Å². The number of hydrogen-bond donors (Lipinski definition) is 2. The van der Waals surface area contributed by atoms with Crippen molar-refractivity contribution in [3.8, 4) is 0 Å². The van der Waals surface area contributed by atoms with Crippen LogP contribution in [-0.2, 0) is 4.79 Å². The van der Waals surface area contributed by atoms with E-state index in [1.165, 1.54) is 0 Å². The van der Waals surface area contributed by atoms with Gasteiger partial charge in [-0.1, -0.05) is 37.9 Å². The lowest BCUT2D eigenvalue weighted by molar-refractivity contribution is -0.118. The van der Waals surface area contributed by atoms with E-state index in [9.17, 15) is 4.79 Å². The van der Waals surface area contributed by atoms with Crippen LogP contribution in [0.2, 0.25) is 5.02 Å². The van der Waals surface area contributed by atoms with Gasteiger partial charge in [0.25, 0.3) is 0 Å². The molecule has 3 nitrogen and oxygen atoms in total. The molecule has 1 rings (SSSR count). The number of carbonyl (C=O) groups is 1. The van der Waals surface area contributed by atoms with Crippen molar-refractivity contribution in [2.24, 2.45) is 11.7 Å². The van der Waals surface area contributed by atoms with Gasteiger partial charge in [0.05, 0.1) is 6.04 Å². The Balaban J connectivity index is 0.00000289. The van der Waals surface area contributed by atoms with Crippen LogP contribution in [0.1, 0.15) is 25.8 Å². The molecule has 5 heteroatoms. The van der Waals surface area contributed by atoms with Crippen molar-refractivity contribution < 1.29 is 4.79 Å². The van der Waals surface area contributed by atoms with Crippen molar-refractivity contribution in [1.29, 1.82) is 0 Å².